The Morgan fingerprint density at radius 3 is 2.48 bits per heavy atom. The summed E-state index contributed by atoms with van der Waals surface area (Å²) in [6.45, 7) is 1.65. The number of likely N-dealkylation sites (tertiary alicyclic amines) is 1. The number of nitrogens with zero attached hydrogens (tertiary/aromatic N) is 1. The number of hydrogen-bond donors (Lipinski definition) is 1. The van der Waals surface area contributed by atoms with Gasteiger partial charge in [-0.25, -0.2) is 0 Å². The third-order valence-corrected chi connectivity index (χ3v) is 6.95. The monoisotopic (exact) mass is 380 g/mol. The Morgan fingerprint density at radius 2 is 1.62 bits per heavy atom. The van der Waals surface area contributed by atoms with E-state index < -0.39 is 0 Å². The maximum atomic E-state index is 13.4. The molecule has 0 bridgehead atoms. The molecule has 0 radical (unpaired) electrons. The first-order chi connectivity index (χ1) is 14.3. The van der Waals surface area contributed by atoms with Crippen LogP contribution < -0.4 is 0 Å². The van der Waals surface area contributed by atoms with E-state index in [9.17, 15) is 4.79 Å². The van der Waals surface area contributed by atoms with E-state index in [1.54, 1.807) is 0 Å². The second-order valence-electron chi connectivity index (χ2n) is 8.47. The van der Waals surface area contributed by atoms with Crippen molar-refractivity contribution in [3.8, 4) is 0 Å². The van der Waals surface area contributed by atoms with Gasteiger partial charge in [0.15, 0.2) is 0 Å². The van der Waals surface area contributed by atoms with Gasteiger partial charge in [-0.2, -0.15) is 0 Å². The molecule has 4 aromatic rings. The Bertz CT molecular complexity index is 1230. The molecule has 2 aliphatic rings. The standard InChI is InChI=1S/C26H24N2O/c29-26(22-11-10-19-9-8-18-4-3-6-21(22)25(18)19)28-14-12-17(13-15-28)23-16-27-24-7-2-1-5-20(23)24/h1-7,10-11,16-17,27H,8-9,12-15H2. The highest BCUT2D eigenvalue weighted by Crippen LogP contribution is 2.36. The molecule has 1 fully saturated rings. The van der Waals surface area contributed by atoms with E-state index in [-0.39, 0.29) is 5.91 Å². The van der Waals surface area contributed by atoms with Crippen molar-refractivity contribution in [1.82, 2.24) is 9.88 Å². The van der Waals surface area contributed by atoms with Gasteiger partial charge in [-0.1, -0.05) is 42.5 Å². The number of fused-ring (bicyclic) bond motifs is 1. The predicted molar refractivity (Wildman–Crippen MR) is 118 cm³/mol. The summed E-state index contributed by atoms with van der Waals surface area (Å²) in [7, 11) is 0. The van der Waals surface area contributed by atoms with E-state index in [0.717, 1.165) is 49.7 Å². The number of amides is 1. The summed E-state index contributed by atoms with van der Waals surface area (Å²) in [5.41, 5.74) is 6.26. The first kappa shape index (κ1) is 16.8. The number of H-pyrrole nitrogens is 1. The molecule has 1 aliphatic heterocycles. The van der Waals surface area contributed by atoms with Crippen LogP contribution in [0, 0.1) is 0 Å². The Balaban J connectivity index is 1.26. The van der Waals surface area contributed by atoms with Crippen LogP contribution in [0.1, 0.15) is 45.8 Å². The first-order valence-corrected chi connectivity index (χ1v) is 10.7. The van der Waals surface area contributed by atoms with Gasteiger partial charge in [0.1, 0.15) is 0 Å². The van der Waals surface area contributed by atoms with E-state index in [1.165, 1.54) is 33.0 Å². The number of aryl methyl sites for hydroxylation is 2. The number of benzene rings is 3. The molecule has 1 N–H and O–H groups in total. The normalized spacial score (nSPS) is 16.8. The van der Waals surface area contributed by atoms with Crippen LogP contribution in [0.2, 0.25) is 0 Å². The van der Waals surface area contributed by atoms with Crippen LogP contribution in [0.25, 0.3) is 21.7 Å². The van der Waals surface area contributed by atoms with Crippen molar-refractivity contribution in [3.63, 3.8) is 0 Å². The molecule has 1 aromatic heterocycles. The highest BCUT2D eigenvalue weighted by molar-refractivity contribution is 6.09. The van der Waals surface area contributed by atoms with E-state index in [2.05, 4.69) is 70.7 Å². The molecule has 6 rings (SSSR count). The highest BCUT2D eigenvalue weighted by Gasteiger charge is 2.27. The van der Waals surface area contributed by atoms with Crippen molar-refractivity contribution < 1.29 is 4.79 Å². The number of carbonyl (C=O) groups excluding carboxylic acids is 1. The lowest BCUT2D eigenvalue weighted by atomic mass is 9.88. The van der Waals surface area contributed by atoms with Crippen molar-refractivity contribution >= 4 is 27.6 Å². The highest BCUT2D eigenvalue weighted by atomic mass is 16.2. The number of aromatic amines is 1. The van der Waals surface area contributed by atoms with E-state index in [0.29, 0.717) is 5.92 Å². The lowest BCUT2D eigenvalue weighted by molar-refractivity contribution is 0.0715. The summed E-state index contributed by atoms with van der Waals surface area (Å²) in [6, 6.07) is 19.2. The molecule has 3 aromatic carbocycles. The van der Waals surface area contributed by atoms with Gasteiger partial charge >= 0.3 is 0 Å². The van der Waals surface area contributed by atoms with Crippen LogP contribution in [0.4, 0.5) is 0 Å². The Morgan fingerprint density at radius 1 is 0.862 bits per heavy atom. The van der Waals surface area contributed by atoms with E-state index in [4.69, 9.17) is 0 Å². The molecule has 1 saturated heterocycles. The summed E-state index contributed by atoms with van der Waals surface area (Å²) < 4.78 is 0. The number of rotatable bonds is 2. The number of nitrogens with one attached hydrogen (secondary N) is 1. The number of hydrogen-bond acceptors (Lipinski definition) is 1. The molecule has 144 valence electrons. The fourth-order valence-electron chi connectivity index (χ4n) is 5.43. The third-order valence-electron chi connectivity index (χ3n) is 6.95. The molecule has 1 aliphatic carbocycles. The van der Waals surface area contributed by atoms with E-state index in [1.807, 2.05) is 0 Å². The van der Waals surface area contributed by atoms with Crippen LogP contribution in [0.15, 0.2) is 60.8 Å². The summed E-state index contributed by atoms with van der Waals surface area (Å²) in [4.78, 5) is 18.8. The zero-order chi connectivity index (χ0) is 19.4. The fraction of sp³-hybridized carbons (Fsp3) is 0.269. The van der Waals surface area contributed by atoms with Gasteiger partial charge in [0.05, 0.1) is 0 Å². The number of piperidine rings is 1. The number of aromatic nitrogens is 1. The Hall–Kier alpha value is -3.07. The topological polar surface area (TPSA) is 36.1 Å². The molecule has 2 heterocycles. The predicted octanol–water partition coefficient (Wildman–Crippen LogP) is 5.44. The minimum absolute atomic E-state index is 0.193. The Labute approximate surface area is 170 Å². The molecule has 0 unspecified atom stereocenters. The maximum Gasteiger partial charge on any atom is 0.254 e. The molecule has 0 atom stereocenters. The van der Waals surface area contributed by atoms with Crippen molar-refractivity contribution in [2.75, 3.05) is 13.1 Å². The van der Waals surface area contributed by atoms with Gasteiger partial charge < -0.3 is 9.88 Å². The molecular weight excluding hydrogens is 356 g/mol. The SMILES string of the molecule is O=C(c1ccc2c3c(cccc13)CC2)N1CCC(c2c[nH]c3ccccc23)CC1. The third kappa shape index (κ3) is 2.61. The smallest absolute Gasteiger partial charge is 0.254 e. The molecule has 1 amide bonds. The minimum atomic E-state index is 0.193. The quantitative estimate of drug-likeness (QED) is 0.494. The molecule has 3 nitrogen and oxygen atoms in total. The second-order valence-corrected chi connectivity index (χ2v) is 8.47. The Kier molecular flexibility index (Phi) is 3.77. The van der Waals surface area contributed by atoms with Gasteiger partial charge in [-0.15, -0.1) is 0 Å². The van der Waals surface area contributed by atoms with Crippen molar-refractivity contribution in [3.05, 3.63) is 83.0 Å². The first-order valence-electron chi connectivity index (χ1n) is 10.7. The van der Waals surface area contributed by atoms with Crippen LogP contribution >= 0.6 is 0 Å². The minimum Gasteiger partial charge on any atom is -0.361 e. The van der Waals surface area contributed by atoms with Crippen LogP contribution in [-0.2, 0) is 12.8 Å². The fourth-order valence-corrected chi connectivity index (χ4v) is 5.43. The van der Waals surface area contributed by atoms with Crippen LogP contribution in [-0.4, -0.2) is 28.9 Å². The second kappa shape index (κ2) is 6.48. The summed E-state index contributed by atoms with van der Waals surface area (Å²) in [6.07, 6.45) is 6.40. The van der Waals surface area contributed by atoms with Crippen LogP contribution in [0.3, 0.4) is 0 Å². The molecular formula is C26H24N2O. The molecule has 29 heavy (non-hydrogen) atoms. The zero-order valence-electron chi connectivity index (χ0n) is 16.4. The molecule has 3 heteroatoms. The van der Waals surface area contributed by atoms with Gasteiger partial charge in [-0.3, -0.25) is 4.79 Å². The van der Waals surface area contributed by atoms with Crippen molar-refractivity contribution in [1.29, 1.82) is 0 Å². The molecule has 0 saturated carbocycles. The summed E-state index contributed by atoms with van der Waals surface area (Å²) in [5, 5.41) is 3.79. The summed E-state index contributed by atoms with van der Waals surface area (Å²) >= 11 is 0. The lowest BCUT2D eigenvalue weighted by Gasteiger charge is -2.32. The van der Waals surface area contributed by atoms with Gasteiger partial charge in [0.2, 0.25) is 0 Å². The van der Waals surface area contributed by atoms with Crippen LogP contribution in [0.5, 0.6) is 0 Å². The average molecular weight is 380 g/mol. The van der Waals surface area contributed by atoms with Crippen molar-refractivity contribution in [2.45, 2.75) is 31.6 Å². The van der Waals surface area contributed by atoms with Crippen molar-refractivity contribution in [2.24, 2.45) is 0 Å². The number of carbonyl (C=O) groups is 1. The zero-order valence-corrected chi connectivity index (χ0v) is 16.4. The van der Waals surface area contributed by atoms with Gasteiger partial charge in [-0.05, 0) is 71.2 Å². The molecule has 0 spiro atoms. The largest absolute Gasteiger partial charge is 0.361 e. The van der Waals surface area contributed by atoms with E-state index >= 15 is 0 Å². The lowest BCUT2D eigenvalue weighted by Crippen LogP contribution is -2.38. The summed E-state index contributed by atoms with van der Waals surface area (Å²) in [5.74, 6) is 0.709. The average Bonchev–Trinajstić information content (AvgIpc) is 3.39. The van der Waals surface area contributed by atoms with Gasteiger partial charge in [0, 0.05) is 35.8 Å². The maximum absolute atomic E-state index is 13.4. The number of para-hydroxylation sites is 1. The van der Waals surface area contributed by atoms with Gasteiger partial charge in [0.25, 0.3) is 5.91 Å².